The van der Waals surface area contributed by atoms with Gasteiger partial charge in [0.1, 0.15) is 11.9 Å². The summed E-state index contributed by atoms with van der Waals surface area (Å²) in [5, 5.41) is 5.98. The monoisotopic (exact) mass is 439 g/mol. The van der Waals surface area contributed by atoms with Crippen LogP contribution in [0.25, 0.3) is 0 Å². The van der Waals surface area contributed by atoms with Gasteiger partial charge in [0.05, 0.1) is 5.69 Å². The van der Waals surface area contributed by atoms with E-state index in [2.05, 4.69) is 32.5 Å². The number of likely N-dealkylation sites (N-methyl/N-ethyl adjacent to an activating group) is 1. The highest BCUT2D eigenvalue weighted by Crippen LogP contribution is 2.28. The van der Waals surface area contributed by atoms with Gasteiger partial charge in [-0.2, -0.15) is 0 Å². The summed E-state index contributed by atoms with van der Waals surface area (Å²) < 4.78 is 13.0. The zero-order valence-corrected chi connectivity index (χ0v) is 18.3. The lowest BCUT2D eigenvalue weighted by molar-refractivity contribution is -0.126. The molecule has 0 unspecified atom stereocenters. The zero-order chi connectivity index (χ0) is 22.5. The normalized spacial score (nSPS) is 23.9. The van der Waals surface area contributed by atoms with E-state index >= 15 is 0 Å². The Labute approximate surface area is 188 Å². The Morgan fingerprint density at radius 2 is 2.06 bits per heavy atom. The van der Waals surface area contributed by atoms with Crippen LogP contribution >= 0.6 is 0 Å². The topological polar surface area (TPSA) is 77.6 Å². The molecule has 2 aliphatic rings. The van der Waals surface area contributed by atoms with Crippen LogP contribution in [0.15, 0.2) is 48.7 Å². The summed E-state index contributed by atoms with van der Waals surface area (Å²) in [5.41, 5.74) is 1.82. The number of pyridine rings is 1. The zero-order valence-electron chi connectivity index (χ0n) is 18.3. The number of benzene rings is 1. The lowest BCUT2D eigenvalue weighted by atomic mass is 10.0. The summed E-state index contributed by atoms with van der Waals surface area (Å²) in [4.78, 5) is 34.1. The molecule has 2 aliphatic heterocycles. The van der Waals surface area contributed by atoms with E-state index in [-0.39, 0.29) is 35.8 Å². The Bertz CT molecular complexity index is 924. The van der Waals surface area contributed by atoms with Crippen molar-refractivity contribution in [3.8, 4) is 0 Å². The summed E-state index contributed by atoms with van der Waals surface area (Å²) in [6.45, 7) is 2.41. The van der Waals surface area contributed by atoms with Crippen molar-refractivity contribution in [1.29, 1.82) is 0 Å². The van der Waals surface area contributed by atoms with Crippen LogP contribution in [-0.4, -0.2) is 64.9 Å². The van der Waals surface area contributed by atoms with Crippen molar-refractivity contribution in [1.82, 2.24) is 25.4 Å². The number of halogens is 1. The number of carbonyl (C=O) groups excluding carboxylic acids is 2. The molecule has 2 saturated heterocycles. The molecule has 3 heterocycles. The van der Waals surface area contributed by atoms with Gasteiger partial charge in [0, 0.05) is 50.9 Å². The lowest BCUT2D eigenvalue weighted by Crippen LogP contribution is -2.49. The molecule has 8 heteroatoms. The predicted molar refractivity (Wildman–Crippen MR) is 119 cm³/mol. The molecule has 2 fully saturated rings. The molecule has 0 bridgehead atoms. The molecule has 4 rings (SSSR count). The van der Waals surface area contributed by atoms with E-state index in [1.807, 2.05) is 18.2 Å². The van der Waals surface area contributed by atoms with E-state index in [1.165, 1.54) is 12.1 Å². The fourth-order valence-corrected chi connectivity index (χ4v) is 4.71. The van der Waals surface area contributed by atoms with Crippen LogP contribution in [0.5, 0.6) is 0 Å². The predicted octanol–water partition coefficient (Wildman–Crippen LogP) is 1.69. The Morgan fingerprint density at radius 1 is 1.25 bits per heavy atom. The number of nitrogens with one attached hydrogen (secondary N) is 2. The summed E-state index contributed by atoms with van der Waals surface area (Å²) in [5.74, 6) is -0.279. The van der Waals surface area contributed by atoms with Gasteiger partial charge in [-0.15, -0.1) is 0 Å². The van der Waals surface area contributed by atoms with Gasteiger partial charge in [0.2, 0.25) is 11.8 Å². The molecule has 32 heavy (non-hydrogen) atoms. The third-order valence-corrected chi connectivity index (χ3v) is 6.55. The molecule has 1 aromatic heterocycles. The average Bonchev–Trinajstić information content (AvgIpc) is 3.17. The molecule has 2 aromatic rings. The van der Waals surface area contributed by atoms with Gasteiger partial charge >= 0.3 is 0 Å². The number of carbonyl (C=O) groups is 2. The standard InChI is InChI=1S/C24H30FN5O2/c1-29-20(9-10-22(31)27-14-17-5-7-18(25)8-6-17)15-28-24(32)23-21(29)11-13-30(23)16-19-4-2-3-12-26-19/h2-8,12,20-21,23H,9-11,13-16H2,1H3,(H,27,31)(H,28,32)/t20-,21-,23-/m0/s1. The first-order chi connectivity index (χ1) is 15.5. The minimum Gasteiger partial charge on any atom is -0.353 e. The number of likely N-dealkylation sites (tertiary alicyclic amines) is 1. The van der Waals surface area contributed by atoms with Crippen LogP contribution < -0.4 is 10.6 Å². The van der Waals surface area contributed by atoms with Crippen molar-refractivity contribution in [2.45, 2.75) is 50.5 Å². The van der Waals surface area contributed by atoms with Crippen LogP contribution in [-0.2, 0) is 22.7 Å². The fourth-order valence-electron chi connectivity index (χ4n) is 4.71. The Morgan fingerprint density at radius 3 is 2.81 bits per heavy atom. The number of nitrogens with zero attached hydrogens (tertiary/aromatic N) is 3. The van der Waals surface area contributed by atoms with Gasteiger partial charge in [0.15, 0.2) is 0 Å². The van der Waals surface area contributed by atoms with E-state index in [0.29, 0.717) is 32.5 Å². The minimum atomic E-state index is -0.290. The highest BCUT2D eigenvalue weighted by atomic mass is 19.1. The highest BCUT2D eigenvalue weighted by Gasteiger charge is 2.44. The maximum atomic E-state index is 13.0. The molecule has 2 N–H and O–H groups in total. The van der Waals surface area contributed by atoms with E-state index in [0.717, 1.165) is 24.2 Å². The average molecular weight is 440 g/mol. The Balaban J connectivity index is 1.31. The van der Waals surface area contributed by atoms with Gasteiger partial charge in [-0.25, -0.2) is 4.39 Å². The fraction of sp³-hybridized carbons (Fsp3) is 0.458. The van der Waals surface area contributed by atoms with Crippen LogP contribution in [0.2, 0.25) is 0 Å². The SMILES string of the molecule is CN1[C@@H](CCC(=O)NCc2ccc(F)cc2)CNC(=O)[C@@H]2[C@@H]1CCN2Cc1ccccn1. The number of hydrogen-bond acceptors (Lipinski definition) is 5. The molecule has 170 valence electrons. The maximum absolute atomic E-state index is 13.0. The Kier molecular flexibility index (Phi) is 7.12. The van der Waals surface area contributed by atoms with Crippen LogP contribution in [0.3, 0.4) is 0 Å². The van der Waals surface area contributed by atoms with E-state index in [9.17, 15) is 14.0 Å². The van der Waals surface area contributed by atoms with Crippen molar-refractivity contribution in [2.24, 2.45) is 0 Å². The van der Waals surface area contributed by atoms with Crippen LogP contribution in [0.4, 0.5) is 4.39 Å². The number of rotatable bonds is 7. The minimum absolute atomic E-state index is 0.0435. The molecule has 0 saturated carbocycles. The second kappa shape index (κ2) is 10.2. The first-order valence-corrected chi connectivity index (χ1v) is 11.2. The van der Waals surface area contributed by atoms with Gasteiger partial charge in [0.25, 0.3) is 0 Å². The van der Waals surface area contributed by atoms with Gasteiger partial charge in [-0.1, -0.05) is 18.2 Å². The van der Waals surface area contributed by atoms with Gasteiger partial charge in [-0.05, 0) is 49.7 Å². The van der Waals surface area contributed by atoms with Crippen molar-refractivity contribution >= 4 is 11.8 Å². The number of fused-ring (bicyclic) bond motifs is 1. The molecule has 0 spiro atoms. The summed E-state index contributed by atoms with van der Waals surface area (Å²) in [6, 6.07) is 12.0. The summed E-state index contributed by atoms with van der Waals surface area (Å²) in [7, 11) is 2.06. The molecular formula is C24H30FN5O2. The van der Waals surface area contributed by atoms with Gasteiger partial charge < -0.3 is 10.6 Å². The molecule has 0 aliphatic carbocycles. The maximum Gasteiger partial charge on any atom is 0.239 e. The molecule has 7 nitrogen and oxygen atoms in total. The third kappa shape index (κ3) is 5.31. The number of amides is 2. The smallest absolute Gasteiger partial charge is 0.239 e. The number of aromatic nitrogens is 1. The first kappa shape index (κ1) is 22.4. The van der Waals surface area contributed by atoms with Gasteiger partial charge in [-0.3, -0.25) is 24.4 Å². The van der Waals surface area contributed by atoms with Crippen molar-refractivity contribution in [3.05, 3.63) is 65.7 Å². The van der Waals surface area contributed by atoms with Crippen molar-refractivity contribution < 1.29 is 14.0 Å². The largest absolute Gasteiger partial charge is 0.353 e. The molecule has 1 aromatic carbocycles. The molecule has 2 amide bonds. The lowest BCUT2D eigenvalue weighted by Gasteiger charge is -2.33. The highest BCUT2D eigenvalue weighted by molar-refractivity contribution is 5.83. The quantitative estimate of drug-likeness (QED) is 0.687. The summed E-state index contributed by atoms with van der Waals surface area (Å²) >= 11 is 0. The van der Waals surface area contributed by atoms with E-state index in [1.54, 1.807) is 18.3 Å². The summed E-state index contributed by atoms with van der Waals surface area (Å²) in [6.07, 6.45) is 3.73. The van der Waals surface area contributed by atoms with Crippen molar-refractivity contribution in [3.63, 3.8) is 0 Å². The molecule has 0 radical (unpaired) electrons. The molecular weight excluding hydrogens is 409 g/mol. The van der Waals surface area contributed by atoms with Crippen molar-refractivity contribution in [2.75, 3.05) is 20.1 Å². The third-order valence-electron chi connectivity index (χ3n) is 6.55. The second-order valence-electron chi connectivity index (χ2n) is 8.60. The van der Waals surface area contributed by atoms with Crippen LogP contribution in [0.1, 0.15) is 30.5 Å². The number of hydrogen-bond donors (Lipinski definition) is 2. The van der Waals surface area contributed by atoms with E-state index < -0.39 is 0 Å². The second-order valence-corrected chi connectivity index (χ2v) is 8.60. The Hall–Kier alpha value is -2.84. The first-order valence-electron chi connectivity index (χ1n) is 11.2. The van der Waals surface area contributed by atoms with Crippen LogP contribution in [0, 0.1) is 5.82 Å². The molecule has 3 atom stereocenters. The van der Waals surface area contributed by atoms with E-state index in [4.69, 9.17) is 0 Å².